The molecule has 0 aliphatic carbocycles. The van der Waals surface area contributed by atoms with Crippen molar-refractivity contribution in [2.75, 3.05) is 6.61 Å². The summed E-state index contributed by atoms with van der Waals surface area (Å²) in [6.07, 6.45) is 0. The number of benzene rings is 1. The Morgan fingerprint density at radius 1 is 1.16 bits per heavy atom. The van der Waals surface area contributed by atoms with Gasteiger partial charge >= 0.3 is 17.1 Å². The number of carbonyl (C=O) groups is 1. The van der Waals surface area contributed by atoms with E-state index in [-0.39, 0.29) is 28.4 Å². The van der Waals surface area contributed by atoms with Gasteiger partial charge in [-0.05, 0) is 25.1 Å². The number of ketones is 1. The van der Waals surface area contributed by atoms with Crippen LogP contribution in [0.5, 0.6) is 11.5 Å². The second-order valence-electron chi connectivity index (χ2n) is 4.83. The topological polar surface area (TPSA) is 46.5 Å². The van der Waals surface area contributed by atoms with Crippen LogP contribution >= 0.6 is 0 Å². The molecular formula is C21H18FeO3. The molecule has 0 radical (unpaired) electrons. The van der Waals surface area contributed by atoms with Gasteiger partial charge in [-0.3, -0.25) is 4.79 Å². The molecule has 0 amide bonds. The zero-order valence-electron chi connectivity index (χ0n) is 13.8. The molecule has 128 valence electrons. The minimum absolute atomic E-state index is 0. The first-order chi connectivity index (χ1) is 11.7. The summed E-state index contributed by atoms with van der Waals surface area (Å²) >= 11 is 0. The normalized spacial score (nSPS) is 8.84. The van der Waals surface area contributed by atoms with Crippen molar-refractivity contribution in [2.45, 2.75) is 6.92 Å². The third-order valence-corrected chi connectivity index (χ3v) is 3.06. The van der Waals surface area contributed by atoms with Gasteiger partial charge in [0.15, 0.2) is 0 Å². The number of phenolic OH excluding ortho intramolecular Hbond substituents is 1. The number of Topliss-reactive ketones (excluding diaryl/α,β-unsaturated/α-hetero) is 1. The van der Waals surface area contributed by atoms with Crippen LogP contribution in [-0.2, 0) is 17.1 Å². The standard InChI is InChI=1S/C16H13O3.C5H5.Fe/c1-2-19-13-8-10-16(18)14(11-13)15(17)9-7-12-5-3-4-6-12;1-2-4-5-3-1;/h3-6,8,10-11,18H,2H2,1H3;1-5H;/q2*-1;+2. The fourth-order valence-corrected chi connectivity index (χ4v) is 1.93. The molecule has 0 atom stereocenters. The van der Waals surface area contributed by atoms with Gasteiger partial charge in [0.2, 0.25) is 5.78 Å². The third-order valence-electron chi connectivity index (χ3n) is 3.06. The Morgan fingerprint density at radius 3 is 2.48 bits per heavy atom. The van der Waals surface area contributed by atoms with Gasteiger partial charge in [0, 0.05) is 0 Å². The van der Waals surface area contributed by atoms with Crippen molar-refractivity contribution in [2.24, 2.45) is 0 Å². The van der Waals surface area contributed by atoms with Gasteiger partial charge in [0.1, 0.15) is 11.5 Å². The number of carbonyl (C=O) groups excluding carboxylic acids is 1. The number of phenols is 1. The Kier molecular flexibility index (Phi) is 8.89. The molecule has 3 aromatic rings. The molecule has 0 aliphatic heterocycles. The van der Waals surface area contributed by atoms with E-state index in [9.17, 15) is 9.90 Å². The molecule has 0 saturated carbocycles. The molecule has 0 heterocycles. The van der Waals surface area contributed by atoms with Crippen LogP contribution in [-0.4, -0.2) is 17.5 Å². The van der Waals surface area contributed by atoms with Crippen LogP contribution in [0.2, 0.25) is 0 Å². The van der Waals surface area contributed by atoms with E-state index in [1.165, 1.54) is 12.1 Å². The molecule has 0 unspecified atom stereocenters. The van der Waals surface area contributed by atoms with Crippen LogP contribution < -0.4 is 4.74 Å². The van der Waals surface area contributed by atoms with Gasteiger partial charge in [-0.2, -0.15) is 42.3 Å². The molecule has 0 aliphatic rings. The third kappa shape index (κ3) is 6.72. The van der Waals surface area contributed by atoms with Gasteiger partial charge in [-0.15, -0.1) is 11.6 Å². The number of rotatable bonds is 3. The van der Waals surface area contributed by atoms with E-state index in [0.29, 0.717) is 12.4 Å². The summed E-state index contributed by atoms with van der Waals surface area (Å²) in [7, 11) is 0. The molecule has 0 saturated heterocycles. The molecule has 0 aromatic heterocycles. The Hall–Kier alpha value is -2.73. The molecule has 0 spiro atoms. The van der Waals surface area contributed by atoms with E-state index >= 15 is 0 Å². The smallest absolute Gasteiger partial charge is 0.507 e. The molecule has 4 heteroatoms. The van der Waals surface area contributed by atoms with Crippen molar-refractivity contribution in [3.8, 4) is 23.3 Å². The van der Waals surface area contributed by atoms with Crippen molar-refractivity contribution in [3.63, 3.8) is 0 Å². The zero-order chi connectivity index (χ0) is 17.2. The SMILES string of the molecule is CCOc1ccc(O)c(C(=O)C#Cc2ccc[cH-]2)c1.[Fe+2].c1cc[cH-]c1. The monoisotopic (exact) mass is 374 g/mol. The summed E-state index contributed by atoms with van der Waals surface area (Å²) < 4.78 is 5.29. The predicted octanol–water partition coefficient (Wildman–Crippen LogP) is 4.15. The largest absolute Gasteiger partial charge is 2.00 e. The van der Waals surface area contributed by atoms with E-state index < -0.39 is 5.78 Å². The fourth-order valence-electron chi connectivity index (χ4n) is 1.93. The molecule has 3 nitrogen and oxygen atoms in total. The minimum Gasteiger partial charge on any atom is -0.507 e. The summed E-state index contributed by atoms with van der Waals surface area (Å²) in [6, 6.07) is 21.9. The Morgan fingerprint density at radius 2 is 1.92 bits per heavy atom. The first-order valence-corrected chi connectivity index (χ1v) is 7.61. The fraction of sp³-hybridized carbons (Fsp3) is 0.0952. The van der Waals surface area contributed by atoms with E-state index in [2.05, 4.69) is 11.8 Å². The van der Waals surface area contributed by atoms with E-state index in [4.69, 9.17) is 4.74 Å². The summed E-state index contributed by atoms with van der Waals surface area (Å²) in [5.41, 5.74) is 0.929. The maximum atomic E-state index is 11.9. The average Bonchev–Trinajstić information content (AvgIpc) is 3.31. The van der Waals surface area contributed by atoms with Crippen LogP contribution in [0.15, 0.2) is 72.8 Å². The van der Waals surface area contributed by atoms with Crippen LogP contribution in [0.1, 0.15) is 22.8 Å². The first kappa shape index (κ1) is 20.3. The van der Waals surface area contributed by atoms with Gasteiger partial charge in [0.05, 0.1) is 12.2 Å². The van der Waals surface area contributed by atoms with E-state index in [1.807, 2.05) is 61.5 Å². The molecule has 3 rings (SSSR count). The number of ether oxygens (including phenoxy) is 1. The molecule has 3 aromatic carbocycles. The number of aromatic hydroxyl groups is 1. The van der Waals surface area contributed by atoms with Crippen LogP contribution in [0.3, 0.4) is 0 Å². The second kappa shape index (κ2) is 10.9. The van der Waals surface area contributed by atoms with Crippen molar-refractivity contribution in [1.82, 2.24) is 0 Å². The van der Waals surface area contributed by atoms with E-state index in [0.717, 1.165) is 5.56 Å². The minimum atomic E-state index is -0.430. The number of hydrogen-bond donors (Lipinski definition) is 1. The Bertz CT molecular complexity index is 789. The van der Waals surface area contributed by atoms with Gasteiger partial charge < -0.3 is 9.84 Å². The van der Waals surface area contributed by atoms with Crippen molar-refractivity contribution >= 4 is 5.78 Å². The average molecular weight is 374 g/mol. The summed E-state index contributed by atoms with van der Waals surface area (Å²) in [4.78, 5) is 11.9. The molecule has 0 fully saturated rings. The first-order valence-electron chi connectivity index (χ1n) is 7.61. The van der Waals surface area contributed by atoms with Gasteiger partial charge in [-0.1, -0.05) is 5.92 Å². The van der Waals surface area contributed by atoms with Crippen molar-refractivity contribution in [1.29, 1.82) is 0 Å². The molecule has 1 N–H and O–H groups in total. The maximum Gasteiger partial charge on any atom is 2.00 e. The molecular weight excluding hydrogens is 356 g/mol. The predicted molar refractivity (Wildman–Crippen MR) is 94.6 cm³/mol. The molecule has 0 bridgehead atoms. The summed E-state index contributed by atoms with van der Waals surface area (Å²) in [5, 5.41) is 9.69. The quantitative estimate of drug-likeness (QED) is 0.324. The van der Waals surface area contributed by atoms with Crippen molar-refractivity contribution < 1.29 is 31.7 Å². The summed E-state index contributed by atoms with van der Waals surface area (Å²) in [6.45, 7) is 2.35. The zero-order valence-corrected chi connectivity index (χ0v) is 14.9. The van der Waals surface area contributed by atoms with E-state index in [1.54, 1.807) is 6.07 Å². The Balaban J connectivity index is 0.000000448. The van der Waals surface area contributed by atoms with Gasteiger partial charge in [0.25, 0.3) is 0 Å². The second-order valence-corrected chi connectivity index (χ2v) is 4.83. The van der Waals surface area contributed by atoms with Crippen LogP contribution in [0.4, 0.5) is 0 Å². The van der Waals surface area contributed by atoms with Crippen LogP contribution in [0.25, 0.3) is 0 Å². The maximum absolute atomic E-state index is 11.9. The summed E-state index contributed by atoms with van der Waals surface area (Å²) in [5.74, 6) is 5.27. The van der Waals surface area contributed by atoms with Crippen LogP contribution in [0, 0.1) is 11.8 Å². The number of hydrogen-bond acceptors (Lipinski definition) is 3. The Labute approximate surface area is 158 Å². The van der Waals surface area contributed by atoms with Gasteiger partial charge in [-0.25, -0.2) is 12.1 Å². The molecule has 25 heavy (non-hydrogen) atoms. The van der Waals surface area contributed by atoms with Crippen molar-refractivity contribution in [3.05, 3.63) is 83.9 Å².